The summed E-state index contributed by atoms with van der Waals surface area (Å²) in [5.74, 6) is 0.816. The Hall–Kier alpha value is -2.71. The molecule has 1 heterocycles. The smallest absolute Gasteiger partial charge is 0.272 e. The van der Waals surface area contributed by atoms with E-state index in [0.29, 0.717) is 23.7 Å². The average Bonchev–Trinajstić information content (AvgIpc) is 2.75. The highest BCUT2D eigenvalue weighted by atomic mass is 79.9. The fraction of sp³-hybridized carbons (Fsp3) is 0.0952. The molecule has 0 spiro atoms. The summed E-state index contributed by atoms with van der Waals surface area (Å²) in [7, 11) is 1.57. The van der Waals surface area contributed by atoms with E-state index in [0.717, 1.165) is 20.1 Å². The SMILES string of the molecule is COc1cc(C=NNC(=O)c2cccnc2)c(Br)cc1OCc1ccc(Br)cc1. The van der Waals surface area contributed by atoms with Crippen LogP contribution in [0.2, 0.25) is 0 Å². The Morgan fingerprint density at radius 2 is 1.97 bits per heavy atom. The number of hydrazone groups is 1. The van der Waals surface area contributed by atoms with Crippen molar-refractivity contribution in [1.29, 1.82) is 0 Å². The normalized spacial score (nSPS) is 10.7. The summed E-state index contributed by atoms with van der Waals surface area (Å²) in [6.45, 7) is 0.407. The van der Waals surface area contributed by atoms with Gasteiger partial charge in [0.25, 0.3) is 5.91 Å². The molecule has 0 bridgehead atoms. The van der Waals surface area contributed by atoms with E-state index in [9.17, 15) is 4.79 Å². The summed E-state index contributed by atoms with van der Waals surface area (Å²) in [5.41, 5.74) is 4.66. The lowest BCUT2D eigenvalue weighted by Gasteiger charge is -2.13. The Kier molecular flexibility index (Phi) is 7.37. The van der Waals surface area contributed by atoms with E-state index in [1.807, 2.05) is 30.3 Å². The number of nitrogens with zero attached hydrogens (tertiary/aromatic N) is 2. The van der Waals surface area contributed by atoms with E-state index in [2.05, 4.69) is 47.4 Å². The highest BCUT2D eigenvalue weighted by Gasteiger charge is 2.10. The molecule has 2 aromatic carbocycles. The standard InChI is InChI=1S/C21H17Br2N3O3/c1-28-19-9-16(12-25-26-21(27)15-3-2-8-24-11-15)18(23)10-20(19)29-13-14-4-6-17(22)7-5-14/h2-12H,13H2,1H3,(H,26,27). The Balaban J connectivity index is 1.68. The third-order valence-corrected chi connectivity index (χ3v) is 5.10. The van der Waals surface area contributed by atoms with Gasteiger partial charge < -0.3 is 9.47 Å². The predicted octanol–water partition coefficient (Wildman–Crippen LogP) is 4.96. The van der Waals surface area contributed by atoms with Gasteiger partial charge in [-0.2, -0.15) is 5.10 Å². The Morgan fingerprint density at radius 1 is 1.17 bits per heavy atom. The average molecular weight is 519 g/mol. The number of benzene rings is 2. The van der Waals surface area contributed by atoms with Gasteiger partial charge in [-0.3, -0.25) is 9.78 Å². The zero-order valence-corrected chi connectivity index (χ0v) is 18.6. The molecular formula is C21H17Br2N3O3. The Morgan fingerprint density at radius 3 is 2.66 bits per heavy atom. The van der Waals surface area contributed by atoms with Crippen LogP contribution in [0.15, 0.2) is 75.0 Å². The monoisotopic (exact) mass is 517 g/mol. The maximum atomic E-state index is 12.0. The van der Waals surface area contributed by atoms with Crippen LogP contribution in [0.5, 0.6) is 11.5 Å². The van der Waals surface area contributed by atoms with Crippen LogP contribution in [-0.4, -0.2) is 24.2 Å². The molecule has 0 atom stereocenters. The molecule has 0 saturated heterocycles. The molecule has 0 aliphatic heterocycles. The van der Waals surface area contributed by atoms with Crippen LogP contribution in [0, 0.1) is 0 Å². The van der Waals surface area contributed by atoms with Crippen molar-refractivity contribution >= 4 is 44.0 Å². The molecule has 0 aliphatic carbocycles. The zero-order valence-electron chi connectivity index (χ0n) is 15.4. The van der Waals surface area contributed by atoms with E-state index in [1.54, 1.807) is 31.5 Å². The summed E-state index contributed by atoms with van der Waals surface area (Å²) >= 11 is 6.92. The molecule has 3 rings (SSSR count). The summed E-state index contributed by atoms with van der Waals surface area (Å²) < 4.78 is 13.1. The van der Waals surface area contributed by atoms with Crippen LogP contribution in [0.3, 0.4) is 0 Å². The van der Waals surface area contributed by atoms with Gasteiger partial charge in [0.2, 0.25) is 0 Å². The number of carbonyl (C=O) groups is 1. The molecule has 0 saturated carbocycles. The molecule has 1 amide bonds. The van der Waals surface area contributed by atoms with Gasteiger partial charge in [-0.15, -0.1) is 0 Å². The second kappa shape index (κ2) is 10.2. The van der Waals surface area contributed by atoms with Crippen molar-refractivity contribution in [2.75, 3.05) is 7.11 Å². The number of carbonyl (C=O) groups excluding carboxylic acids is 1. The van der Waals surface area contributed by atoms with E-state index in [4.69, 9.17) is 9.47 Å². The first-order valence-corrected chi connectivity index (χ1v) is 10.1. The first kappa shape index (κ1) is 21.0. The van der Waals surface area contributed by atoms with Crippen LogP contribution in [-0.2, 0) is 6.61 Å². The molecule has 6 nitrogen and oxygen atoms in total. The van der Waals surface area contributed by atoms with Crippen LogP contribution >= 0.6 is 31.9 Å². The number of hydrogen-bond donors (Lipinski definition) is 1. The minimum atomic E-state index is -0.341. The van der Waals surface area contributed by atoms with Gasteiger partial charge >= 0.3 is 0 Å². The van der Waals surface area contributed by atoms with E-state index < -0.39 is 0 Å². The topological polar surface area (TPSA) is 72.8 Å². The predicted molar refractivity (Wildman–Crippen MR) is 118 cm³/mol. The van der Waals surface area contributed by atoms with Gasteiger partial charge in [0.05, 0.1) is 18.9 Å². The van der Waals surface area contributed by atoms with E-state index >= 15 is 0 Å². The van der Waals surface area contributed by atoms with E-state index in [-0.39, 0.29) is 5.91 Å². The number of rotatable bonds is 7. The molecule has 0 fully saturated rings. The van der Waals surface area contributed by atoms with Gasteiger partial charge in [-0.25, -0.2) is 5.43 Å². The number of aromatic nitrogens is 1. The van der Waals surface area contributed by atoms with Crippen LogP contribution in [0.1, 0.15) is 21.5 Å². The number of hydrogen-bond acceptors (Lipinski definition) is 5. The highest BCUT2D eigenvalue weighted by Crippen LogP contribution is 2.33. The lowest BCUT2D eigenvalue weighted by atomic mass is 10.2. The minimum absolute atomic E-state index is 0.341. The van der Waals surface area contributed by atoms with Gasteiger partial charge in [-0.05, 0) is 57.9 Å². The number of methoxy groups -OCH3 is 1. The number of amides is 1. The van der Waals surface area contributed by atoms with Crippen molar-refractivity contribution < 1.29 is 14.3 Å². The molecule has 148 valence electrons. The maximum Gasteiger partial charge on any atom is 0.272 e. The first-order valence-electron chi connectivity index (χ1n) is 8.55. The number of halogens is 2. The summed E-state index contributed by atoms with van der Waals surface area (Å²) in [6, 6.07) is 14.8. The third kappa shape index (κ3) is 5.88. The molecule has 1 aromatic heterocycles. The fourth-order valence-electron chi connectivity index (χ4n) is 2.39. The highest BCUT2D eigenvalue weighted by molar-refractivity contribution is 9.10. The lowest BCUT2D eigenvalue weighted by molar-refractivity contribution is 0.0955. The summed E-state index contributed by atoms with van der Waals surface area (Å²) in [4.78, 5) is 15.9. The Labute approximate surface area is 185 Å². The van der Waals surface area contributed by atoms with Gasteiger partial charge in [0, 0.05) is 26.9 Å². The van der Waals surface area contributed by atoms with Crippen molar-refractivity contribution in [1.82, 2.24) is 10.4 Å². The molecule has 0 aliphatic rings. The summed E-state index contributed by atoms with van der Waals surface area (Å²) in [6.07, 6.45) is 4.60. The maximum absolute atomic E-state index is 12.0. The molecule has 3 aromatic rings. The van der Waals surface area contributed by atoms with Crippen LogP contribution in [0.25, 0.3) is 0 Å². The van der Waals surface area contributed by atoms with Crippen LogP contribution < -0.4 is 14.9 Å². The quantitative estimate of drug-likeness (QED) is 0.354. The Bertz CT molecular complexity index is 1010. The van der Waals surface area contributed by atoms with Crippen molar-refractivity contribution in [3.8, 4) is 11.5 Å². The van der Waals surface area contributed by atoms with Crippen molar-refractivity contribution in [3.05, 3.63) is 86.6 Å². The zero-order chi connectivity index (χ0) is 20.6. The minimum Gasteiger partial charge on any atom is -0.493 e. The lowest BCUT2D eigenvalue weighted by Crippen LogP contribution is -2.17. The van der Waals surface area contributed by atoms with Gasteiger partial charge in [-0.1, -0.05) is 28.1 Å². The summed E-state index contributed by atoms with van der Waals surface area (Å²) in [5, 5.41) is 4.00. The number of ether oxygens (including phenoxy) is 2. The van der Waals surface area contributed by atoms with Gasteiger partial charge in [0.15, 0.2) is 11.5 Å². The number of nitrogens with one attached hydrogen (secondary N) is 1. The molecule has 1 N–H and O–H groups in total. The first-order chi connectivity index (χ1) is 14.1. The third-order valence-electron chi connectivity index (χ3n) is 3.88. The van der Waals surface area contributed by atoms with Crippen molar-refractivity contribution in [2.45, 2.75) is 6.61 Å². The van der Waals surface area contributed by atoms with Crippen LogP contribution in [0.4, 0.5) is 0 Å². The van der Waals surface area contributed by atoms with Crippen molar-refractivity contribution in [2.24, 2.45) is 5.10 Å². The van der Waals surface area contributed by atoms with Gasteiger partial charge in [0.1, 0.15) is 6.61 Å². The molecular weight excluding hydrogens is 502 g/mol. The van der Waals surface area contributed by atoms with E-state index in [1.165, 1.54) is 12.4 Å². The molecule has 0 unspecified atom stereocenters. The second-order valence-corrected chi connectivity index (χ2v) is 7.65. The molecule has 8 heteroatoms. The molecule has 29 heavy (non-hydrogen) atoms. The largest absolute Gasteiger partial charge is 0.493 e. The fourth-order valence-corrected chi connectivity index (χ4v) is 3.07. The second-order valence-electron chi connectivity index (χ2n) is 5.88. The van der Waals surface area contributed by atoms with Crippen molar-refractivity contribution in [3.63, 3.8) is 0 Å². The number of pyridine rings is 1. The molecule has 0 radical (unpaired) electrons.